The lowest BCUT2D eigenvalue weighted by atomic mass is 9.87. The molecule has 29 heavy (non-hydrogen) atoms. The number of piperidine rings is 1. The molecule has 1 saturated heterocycles. The highest BCUT2D eigenvalue weighted by atomic mass is 35.5. The van der Waals surface area contributed by atoms with Gasteiger partial charge in [-0.25, -0.2) is 4.21 Å². The van der Waals surface area contributed by atoms with Gasteiger partial charge in [-0.15, -0.1) is 0 Å². The molecule has 1 aliphatic rings. The van der Waals surface area contributed by atoms with Crippen molar-refractivity contribution in [3.63, 3.8) is 0 Å². The van der Waals surface area contributed by atoms with Crippen LogP contribution in [-0.4, -0.2) is 43.3 Å². The molecule has 0 spiro atoms. The van der Waals surface area contributed by atoms with E-state index >= 15 is 0 Å². The summed E-state index contributed by atoms with van der Waals surface area (Å²) in [5.74, 6) is 0.463. The van der Waals surface area contributed by atoms with Crippen LogP contribution in [0.2, 0.25) is 0 Å². The third-order valence-corrected chi connectivity index (χ3v) is 6.07. The fraction of sp³-hybridized carbons (Fsp3) is 0.350. The van der Waals surface area contributed by atoms with Crippen LogP contribution < -0.4 is 9.75 Å². The van der Waals surface area contributed by atoms with Gasteiger partial charge in [0.25, 0.3) is 11.3 Å². The first-order valence-electron chi connectivity index (χ1n) is 9.18. The molecule has 2 aromatic rings. The van der Waals surface area contributed by atoms with Crippen molar-refractivity contribution in [2.24, 2.45) is 0 Å². The summed E-state index contributed by atoms with van der Waals surface area (Å²) < 4.78 is 27.6. The Balaban J connectivity index is 1.88. The van der Waals surface area contributed by atoms with Crippen molar-refractivity contribution >= 4 is 28.7 Å². The molecule has 3 rings (SSSR count). The molecule has 9 heteroatoms. The molecule has 1 fully saturated rings. The molecule has 1 aliphatic heterocycles. The number of hydrazine groups is 1. The first kappa shape index (κ1) is 21.6. The van der Waals surface area contributed by atoms with Gasteiger partial charge in [0.1, 0.15) is 11.3 Å². The van der Waals surface area contributed by atoms with E-state index in [0.29, 0.717) is 41.3 Å². The lowest BCUT2D eigenvalue weighted by Gasteiger charge is -2.46. The number of rotatable bonds is 7. The molecule has 0 bridgehead atoms. The molecule has 1 unspecified atom stereocenters. The van der Waals surface area contributed by atoms with Gasteiger partial charge in [-0.1, -0.05) is 42.5 Å². The van der Waals surface area contributed by atoms with Gasteiger partial charge < -0.3 is 4.74 Å². The van der Waals surface area contributed by atoms with E-state index < -0.39 is 16.8 Å². The van der Waals surface area contributed by atoms with Gasteiger partial charge >= 0.3 is 0 Å². The number of para-hydroxylation sites is 2. The fourth-order valence-corrected chi connectivity index (χ4v) is 4.24. The summed E-state index contributed by atoms with van der Waals surface area (Å²) in [6, 6.07) is 19.5. The maximum absolute atomic E-state index is 11.8. The van der Waals surface area contributed by atoms with E-state index in [2.05, 4.69) is 23.1 Å². The Morgan fingerprint density at radius 2 is 1.83 bits per heavy atom. The van der Waals surface area contributed by atoms with Crippen LogP contribution >= 0.6 is 11.8 Å². The Hall–Kier alpha value is -2.15. The molecular weight excluding hydrogens is 412 g/mol. The minimum Gasteiger partial charge on any atom is -0.495 e. The molecular formula is C20H23ClN4O3S. The van der Waals surface area contributed by atoms with Gasteiger partial charge in [-0.2, -0.15) is 5.26 Å². The number of halogens is 1. The second kappa shape index (κ2) is 9.57. The maximum atomic E-state index is 11.8. The molecule has 7 nitrogen and oxygen atoms in total. The normalized spacial score (nSPS) is 17.5. The number of hydrogen-bond donors (Lipinski definition) is 1. The molecule has 0 radical (unpaired) electrons. The van der Waals surface area contributed by atoms with Crippen molar-refractivity contribution in [2.75, 3.05) is 25.2 Å². The van der Waals surface area contributed by atoms with Gasteiger partial charge in [0, 0.05) is 31.4 Å². The summed E-state index contributed by atoms with van der Waals surface area (Å²) in [6.07, 6.45) is 0.906. The van der Waals surface area contributed by atoms with Crippen molar-refractivity contribution in [1.82, 2.24) is 8.83 Å². The van der Waals surface area contributed by atoms with E-state index in [1.807, 2.05) is 18.2 Å². The zero-order chi connectivity index (χ0) is 20.9. The molecule has 0 aliphatic carbocycles. The van der Waals surface area contributed by atoms with Crippen LogP contribution in [0.25, 0.3) is 0 Å². The second-order valence-electron chi connectivity index (χ2n) is 6.85. The van der Waals surface area contributed by atoms with Gasteiger partial charge in [-0.3, -0.25) is 14.5 Å². The molecule has 0 aromatic heterocycles. The highest BCUT2D eigenvalue weighted by Crippen LogP contribution is 2.40. The van der Waals surface area contributed by atoms with E-state index in [1.54, 1.807) is 24.3 Å². The topological polar surface area (TPSA) is 80.0 Å². The van der Waals surface area contributed by atoms with Crippen LogP contribution in [0.3, 0.4) is 0 Å². The third kappa shape index (κ3) is 4.71. The largest absolute Gasteiger partial charge is 0.495 e. The average molecular weight is 435 g/mol. The molecule has 154 valence electrons. The Labute approximate surface area is 178 Å². The third-order valence-electron chi connectivity index (χ3n) is 5.15. The Morgan fingerprint density at radius 1 is 1.21 bits per heavy atom. The smallest absolute Gasteiger partial charge is 0.269 e. The zero-order valence-corrected chi connectivity index (χ0v) is 17.6. The summed E-state index contributed by atoms with van der Waals surface area (Å²) in [5, 5.41) is 11.5. The van der Waals surface area contributed by atoms with Gasteiger partial charge in [-0.05, 0) is 34.5 Å². The minimum absolute atomic E-state index is 0.453. The number of benzene rings is 2. The molecule has 0 amide bonds. The number of methoxy groups -OCH3 is 1. The number of nitrogens with zero attached hydrogens (tertiary/aromatic N) is 4. The van der Waals surface area contributed by atoms with Crippen LogP contribution in [-0.2, 0) is 17.8 Å². The first-order valence-corrected chi connectivity index (χ1v) is 10.6. The van der Waals surface area contributed by atoms with Gasteiger partial charge in [0.05, 0.1) is 18.9 Å². The quantitative estimate of drug-likeness (QED) is 0.407. The van der Waals surface area contributed by atoms with E-state index in [-0.39, 0.29) is 0 Å². The molecule has 1 atom stereocenters. The van der Waals surface area contributed by atoms with Crippen molar-refractivity contribution in [3.8, 4) is 11.8 Å². The Bertz CT molecular complexity index is 885. The lowest BCUT2D eigenvalue weighted by molar-refractivity contribution is 0.163. The molecule has 1 heterocycles. The highest BCUT2D eigenvalue weighted by Gasteiger charge is 2.45. The predicted octanol–water partition coefficient (Wildman–Crippen LogP) is 3.57. The van der Waals surface area contributed by atoms with E-state index in [1.165, 1.54) is 17.7 Å². The van der Waals surface area contributed by atoms with Crippen LogP contribution in [0, 0.1) is 11.3 Å². The SMILES string of the molecule is COc1ccccc1N(N(Cl)S(=O)O)C1(C#N)CCN(Cc2ccccc2)CC1. The van der Waals surface area contributed by atoms with E-state index in [0.717, 1.165) is 6.54 Å². The van der Waals surface area contributed by atoms with Crippen molar-refractivity contribution in [1.29, 1.82) is 5.26 Å². The average Bonchev–Trinajstić information content (AvgIpc) is 2.76. The zero-order valence-electron chi connectivity index (χ0n) is 16.1. The number of nitriles is 1. The Morgan fingerprint density at radius 3 is 2.41 bits per heavy atom. The second-order valence-corrected chi connectivity index (χ2v) is 8.17. The van der Waals surface area contributed by atoms with Gasteiger partial charge in [0.2, 0.25) is 0 Å². The van der Waals surface area contributed by atoms with Crippen molar-refractivity contribution < 1.29 is 13.5 Å². The maximum Gasteiger partial charge on any atom is 0.269 e. The van der Waals surface area contributed by atoms with Crippen molar-refractivity contribution in [2.45, 2.75) is 24.9 Å². The Kier molecular flexibility index (Phi) is 7.11. The number of hydrogen-bond acceptors (Lipinski definition) is 5. The van der Waals surface area contributed by atoms with Crippen LogP contribution in [0.1, 0.15) is 18.4 Å². The predicted molar refractivity (Wildman–Crippen MR) is 113 cm³/mol. The molecule has 1 N–H and O–H groups in total. The first-order chi connectivity index (χ1) is 14.0. The molecule has 2 aromatic carbocycles. The van der Waals surface area contributed by atoms with Gasteiger partial charge in [0.15, 0.2) is 0 Å². The van der Waals surface area contributed by atoms with Crippen LogP contribution in [0.4, 0.5) is 5.69 Å². The summed E-state index contributed by atoms with van der Waals surface area (Å²) in [7, 11) is 1.51. The highest BCUT2D eigenvalue weighted by molar-refractivity contribution is 7.77. The number of likely N-dealkylation sites (tertiary alicyclic amines) is 1. The summed E-state index contributed by atoms with van der Waals surface area (Å²) in [6.45, 7) is 2.08. The lowest BCUT2D eigenvalue weighted by Crippen LogP contribution is -2.59. The summed E-state index contributed by atoms with van der Waals surface area (Å²) in [5.41, 5.74) is 0.585. The van der Waals surface area contributed by atoms with Crippen molar-refractivity contribution in [3.05, 3.63) is 60.2 Å². The fourth-order valence-electron chi connectivity index (χ4n) is 3.63. The minimum atomic E-state index is -2.52. The summed E-state index contributed by atoms with van der Waals surface area (Å²) >= 11 is 3.69. The van der Waals surface area contributed by atoms with E-state index in [4.69, 9.17) is 16.5 Å². The molecule has 0 saturated carbocycles. The van der Waals surface area contributed by atoms with Crippen LogP contribution in [0.5, 0.6) is 5.75 Å². The monoisotopic (exact) mass is 434 g/mol. The van der Waals surface area contributed by atoms with Crippen LogP contribution in [0.15, 0.2) is 54.6 Å². The number of ether oxygens (including phenoxy) is 1. The number of anilines is 1. The standard InChI is InChI=1S/C20H23ClN4O3S/c1-28-19-10-6-5-9-18(19)24(25(21)29(26)27)20(16-22)11-13-23(14-12-20)15-17-7-3-2-4-8-17/h2-10H,11-15H2,1H3,(H,26,27). The summed E-state index contributed by atoms with van der Waals surface area (Å²) in [4.78, 5) is 2.26. The van der Waals surface area contributed by atoms with E-state index in [9.17, 15) is 14.0 Å².